The fourth-order valence-corrected chi connectivity index (χ4v) is 3.76. The molecule has 3 aromatic rings. The minimum absolute atomic E-state index is 0.0162. The van der Waals surface area contributed by atoms with E-state index < -0.39 is 0 Å². The van der Waals surface area contributed by atoms with E-state index in [4.69, 9.17) is 0 Å². The number of benzene rings is 1. The van der Waals surface area contributed by atoms with Gasteiger partial charge in [0.15, 0.2) is 5.82 Å². The molecule has 1 aliphatic heterocycles. The number of rotatable bonds is 6. The van der Waals surface area contributed by atoms with E-state index in [9.17, 15) is 4.79 Å². The third kappa shape index (κ3) is 4.34. The fraction of sp³-hybridized carbons (Fsp3) is 0.381. The van der Waals surface area contributed by atoms with Gasteiger partial charge in [0.25, 0.3) is 0 Å². The molecule has 1 atom stereocenters. The molecule has 1 unspecified atom stereocenters. The lowest BCUT2D eigenvalue weighted by molar-refractivity contribution is -0.117. The molecule has 3 heterocycles. The van der Waals surface area contributed by atoms with Gasteiger partial charge >= 0.3 is 0 Å². The zero-order chi connectivity index (χ0) is 18.6. The van der Waals surface area contributed by atoms with Crippen molar-refractivity contribution in [2.75, 3.05) is 25.0 Å². The monoisotopic (exact) mass is 363 g/mol. The predicted molar refractivity (Wildman–Crippen MR) is 107 cm³/mol. The zero-order valence-electron chi connectivity index (χ0n) is 15.6. The highest BCUT2D eigenvalue weighted by atomic mass is 16.1. The summed E-state index contributed by atoms with van der Waals surface area (Å²) in [6, 6.07) is 11.9. The largest absolute Gasteiger partial charge is 0.309 e. The number of fused-ring (bicyclic) bond motifs is 1. The number of anilines is 1. The number of likely N-dealkylation sites (tertiary alicyclic amines) is 1. The van der Waals surface area contributed by atoms with E-state index in [-0.39, 0.29) is 5.91 Å². The number of nitrogens with zero attached hydrogens (tertiary/aromatic N) is 3. The summed E-state index contributed by atoms with van der Waals surface area (Å²) >= 11 is 0. The van der Waals surface area contributed by atoms with Crippen molar-refractivity contribution in [3.63, 3.8) is 0 Å². The first-order valence-electron chi connectivity index (χ1n) is 9.60. The molecule has 4 rings (SSSR count). The van der Waals surface area contributed by atoms with Crippen LogP contribution in [0.3, 0.4) is 0 Å². The van der Waals surface area contributed by atoms with Gasteiger partial charge in [-0.25, -0.2) is 0 Å². The topological polar surface area (TPSA) is 73.9 Å². The lowest BCUT2D eigenvalue weighted by atomic mass is 10.1. The van der Waals surface area contributed by atoms with Gasteiger partial charge < -0.3 is 10.2 Å². The maximum atomic E-state index is 12.3. The molecular formula is C21H25N5O. The van der Waals surface area contributed by atoms with Crippen molar-refractivity contribution in [3.05, 3.63) is 42.6 Å². The summed E-state index contributed by atoms with van der Waals surface area (Å²) in [5, 5.41) is 11.2. The number of carbonyl (C=O) groups excluding carboxylic acids is 1. The van der Waals surface area contributed by atoms with Crippen LogP contribution >= 0.6 is 0 Å². The van der Waals surface area contributed by atoms with Crippen molar-refractivity contribution < 1.29 is 4.79 Å². The Hall–Kier alpha value is -2.73. The molecule has 0 radical (unpaired) electrons. The number of pyridine rings is 1. The van der Waals surface area contributed by atoms with Crippen LogP contribution in [0, 0.1) is 5.92 Å². The molecule has 0 spiro atoms. The molecule has 0 bridgehead atoms. The van der Waals surface area contributed by atoms with Crippen LogP contribution in [0.1, 0.15) is 26.2 Å². The van der Waals surface area contributed by atoms with Gasteiger partial charge in [-0.1, -0.05) is 19.1 Å². The zero-order valence-corrected chi connectivity index (χ0v) is 15.6. The first-order valence-corrected chi connectivity index (χ1v) is 9.60. The van der Waals surface area contributed by atoms with Gasteiger partial charge in [0.2, 0.25) is 5.91 Å². The Morgan fingerprint density at radius 3 is 2.96 bits per heavy atom. The van der Waals surface area contributed by atoms with Crippen molar-refractivity contribution >= 4 is 22.6 Å². The van der Waals surface area contributed by atoms with Gasteiger partial charge in [-0.05, 0) is 50.0 Å². The SMILES string of the molecule is CC(CC(=O)Nc1cc(-c2ccc3ncccc3c2)[nH]n1)CN1CCCC1. The summed E-state index contributed by atoms with van der Waals surface area (Å²) in [6.45, 7) is 5.45. The molecule has 1 aromatic carbocycles. The van der Waals surface area contributed by atoms with Crippen molar-refractivity contribution in [2.45, 2.75) is 26.2 Å². The minimum atomic E-state index is 0.0162. The van der Waals surface area contributed by atoms with Gasteiger partial charge in [0.1, 0.15) is 0 Å². The van der Waals surface area contributed by atoms with Crippen LogP contribution in [0.5, 0.6) is 0 Å². The molecule has 0 saturated carbocycles. The van der Waals surface area contributed by atoms with E-state index in [0.29, 0.717) is 18.2 Å². The van der Waals surface area contributed by atoms with Crippen molar-refractivity contribution in [1.29, 1.82) is 0 Å². The first-order chi connectivity index (χ1) is 13.2. The summed E-state index contributed by atoms with van der Waals surface area (Å²) in [4.78, 5) is 19.1. The maximum Gasteiger partial charge on any atom is 0.225 e. The quantitative estimate of drug-likeness (QED) is 0.700. The van der Waals surface area contributed by atoms with Crippen molar-refractivity contribution in [1.82, 2.24) is 20.1 Å². The molecule has 1 saturated heterocycles. The summed E-state index contributed by atoms with van der Waals surface area (Å²) in [7, 11) is 0. The summed E-state index contributed by atoms with van der Waals surface area (Å²) in [5.74, 6) is 0.923. The van der Waals surface area contributed by atoms with Gasteiger partial charge in [-0.15, -0.1) is 0 Å². The summed E-state index contributed by atoms with van der Waals surface area (Å²) < 4.78 is 0. The van der Waals surface area contributed by atoms with E-state index in [1.807, 2.05) is 30.3 Å². The third-order valence-electron chi connectivity index (χ3n) is 5.06. The Bertz CT molecular complexity index is 929. The number of nitrogens with one attached hydrogen (secondary N) is 2. The Morgan fingerprint density at radius 2 is 2.11 bits per heavy atom. The Morgan fingerprint density at radius 1 is 1.26 bits per heavy atom. The lowest BCUT2D eigenvalue weighted by Gasteiger charge is -2.19. The highest BCUT2D eigenvalue weighted by molar-refractivity contribution is 5.91. The standard InChI is InChI=1S/C21H25N5O/c1-15(14-26-9-2-3-10-26)11-21(27)23-20-13-19(24-25-20)17-6-7-18-16(12-17)5-4-8-22-18/h4-8,12-13,15H,2-3,9-11,14H2,1H3,(H2,23,24,25,27). The second kappa shape index (κ2) is 7.88. The number of aromatic amines is 1. The molecular weight excluding hydrogens is 338 g/mol. The molecule has 1 amide bonds. The van der Waals surface area contributed by atoms with Crippen LogP contribution in [-0.2, 0) is 4.79 Å². The average molecular weight is 363 g/mol. The molecule has 2 N–H and O–H groups in total. The number of hydrogen-bond acceptors (Lipinski definition) is 4. The van der Waals surface area contributed by atoms with E-state index >= 15 is 0 Å². The van der Waals surface area contributed by atoms with Gasteiger partial charge in [-0.2, -0.15) is 5.10 Å². The highest BCUT2D eigenvalue weighted by Crippen LogP contribution is 2.24. The lowest BCUT2D eigenvalue weighted by Crippen LogP contribution is -2.27. The van der Waals surface area contributed by atoms with Crippen LogP contribution in [0.15, 0.2) is 42.6 Å². The van der Waals surface area contributed by atoms with E-state index in [1.54, 1.807) is 6.20 Å². The van der Waals surface area contributed by atoms with Gasteiger partial charge in [0, 0.05) is 36.2 Å². The number of aromatic nitrogens is 3. The normalized spacial score (nSPS) is 15.9. The summed E-state index contributed by atoms with van der Waals surface area (Å²) in [6.07, 6.45) is 4.86. The highest BCUT2D eigenvalue weighted by Gasteiger charge is 2.17. The molecule has 1 aliphatic rings. The number of H-pyrrole nitrogens is 1. The Kier molecular flexibility index (Phi) is 5.16. The average Bonchev–Trinajstić information content (AvgIpc) is 3.33. The fourth-order valence-electron chi connectivity index (χ4n) is 3.76. The van der Waals surface area contributed by atoms with Crippen LogP contribution < -0.4 is 5.32 Å². The van der Waals surface area contributed by atoms with Gasteiger partial charge in [0.05, 0.1) is 11.2 Å². The number of carbonyl (C=O) groups is 1. The van der Waals surface area contributed by atoms with Crippen LogP contribution in [-0.4, -0.2) is 45.6 Å². The van der Waals surface area contributed by atoms with E-state index in [2.05, 4.69) is 38.4 Å². The molecule has 0 aliphatic carbocycles. The van der Waals surface area contributed by atoms with Crippen LogP contribution in [0.4, 0.5) is 5.82 Å². The molecule has 2 aromatic heterocycles. The number of hydrogen-bond donors (Lipinski definition) is 2. The van der Waals surface area contributed by atoms with E-state index in [1.165, 1.54) is 12.8 Å². The smallest absolute Gasteiger partial charge is 0.225 e. The molecule has 27 heavy (non-hydrogen) atoms. The van der Waals surface area contributed by atoms with E-state index in [0.717, 1.165) is 41.8 Å². The maximum absolute atomic E-state index is 12.3. The molecule has 6 nitrogen and oxygen atoms in total. The Balaban J connectivity index is 1.37. The van der Waals surface area contributed by atoms with Crippen LogP contribution in [0.2, 0.25) is 0 Å². The second-order valence-corrected chi connectivity index (χ2v) is 7.44. The molecule has 1 fully saturated rings. The molecule has 140 valence electrons. The molecule has 6 heteroatoms. The second-order valence-electron chi connectivity index (χ2n) is 7.44. The first kappa shape index (κ1) is 17.7. The number of amides is 1. The van der Waals surface area contributed by atoms with Crippen molar-refractivity contribution in [2.24, 2.45) is 5.92 Å². The Labute approximate surface area is 159 Å². The summed E-state index contributed by atoms with van der Waals surface area (Å²) in [5.41, 5.74) is 2.85. The third-order valence-corrected chi connectivity index (χ3v) is 5.06. The van der Waals surface area contributed by atoms with Crippen molar-refractivity contribution in [3.8, 4) is 11.3 Å². The minimum Gasteiger partial charge on any atom is -0.309 e. The predicted octanol–water partition coefficient (Wildman–Crippen LogP) is 3.69. The van der Waals surface area contributed by atoms with Gasteiger partial charge in [-0.3, -0.25) is 14.9 Å². The van der Waals surface area contributed by atoms with Crippen LogP contribution in [0.25, 0.3) is 22.2 Å².